The fourth-order valence-electron chi connectivity index (χ4n) is 4.25. The lowest BCUT2D eigenvalue weighted by atomic mass is 10.0. The lowest BCUT2D eigenvalue weighted by Crippen LogP contribution is -2.31. The number of H-pyrrole nitrogens is 1. The van der Waals surface area contributed by atoms with Gasteiger partial charge in [0, 0.05) is 24.5 Å². The van der Waals surface area contributed by atoms with Gasteiger partial charge in [-0.2, -0.15) is 0 Å². The summed E-state index contributed by atoms with van der Waals surface area (Å²) < 4.78 is 8.68. The number of hydrogen-bond donors (Lipinski definition) is 1. The number of fused-ring (bicyclic) bond motifs is 2. The van der Waals surface area contributed by atoms with E-state index in [0.717, 1.165) is 18.4 Å². The fraction of sp³-hybridized carbons (Fsp3) is 0.222. The van der Waals surface area contributed by atoms with Gasteiger partial charge in [0.1, 0.15) is 12.4 Å². The Hall–Kier alpha value is -4.53. The highest BCUT2D eigenvalue weighted by Gasteiger charge is 2.19. The van der Waals surface area contributed by atoms with Crippen LogP contribution in [0.15, 0.2) is 70.3 Å². The van der Waals surface area contributed by atoms with E-state index in [-0.39, 0.29) is 17.8 Å². The van der Waals surface area contributed by atoms with Crippen molar-refractivity contribution in [2.75, 3.05) is 0 Å². The van der Waals surface area contributed by atoms with Gasteiger partial charge in [-0.15, -0.1) is 0 Å². The number of pyridine rings is 1. The average molecular weight is 484 g/mol. The molecule has 9 heteroatoms. The van der Waals surface area contributed by atoms with Crippen molar-refractivity contribution >= 4 is 28.0 Å². The molecule has 0 atom stereocenters. The maximum absolute atomic E-state index is 13.3. The average Bonchev–Trinajstić information content (AvgIpc) is 3.23. The largest absolute Gasteiger partial charge is 0.454 e. The molecule has 0 bridgehead atoms. The van der Waals surface area contributed by atoms with Gasteiger partial charge in [0.2, 0.25) is 0 Å². The maximum Gasteiger partial charge on any atom is 0.339 e. The normalized spacial score (nSPS) is 11.3. The monoisotopic (exact) mass is 483 g/mol. The van der Waals surface area contributed by atoms with E-state index in [1.807, 2.05) is 61.5 Å². The number of aryl methyl sites for hydroxylation is 2. The highest BCUT2D eigenvalue weighted by Crippen LogP contribution is 2.25. The molecule has 0 aliphatic carbocycles. The fourth-order valence-corrected chi connectivity index (χ4v) is 4.25. The van der Waals surface area contributed by atoms with Crippen LogP contribution in [0.3, 0.4) is 0 Å². The minimum absolute atomic E-state index is 0.164. The van der Waals surface area contributed by atoms with Crippen LogP contribution in [-0.4, -0.2) is 30.1 Å². The predicted molar refractivity (Wildman–Crippen MR) is 137 cm³/mol. The number of nitrogens with one attached hydrogen (secondary N) is 1. The third-order valence-electron chi connectivity index (χ3n) is 6.18. The number of carbonyl (C=O) groups is 1. The van der Waals surface area contributed by atoms with Gasteiger partial charge in [0.15, 0.2) is 11.2 Å². The lowest BCUT2D eigenvalue weighted by Gasteiger charge is -2.10. The number of esters is 1. The minimum atomic E-state index is -0.532. The summed E-state index contributed by atoms with van der Waals surface area (Å²) in [6, 6.07) is 18.7. The summed E-state index contributed by atoms with van der Waals surface area (Å²) in [7, 11) is 1.66. The zero-order valence-corrected chi connectivity index (χ0v) is 20.0. The van der Waals surface area contributed by atoms with Crippen LogP contribution in [0.4, 0.5) is 0 Å². The van der Waals surface area contributed by atoms with Crippen LogP contribution in [0.2, 0.25) is 0 Å². The van der Waals surface area contributed by atoms with Crippen molar-refractivity contribution < 1.29 is 9.53 Å². The molecule has 0 amide bonds. The Morgan fingerprint density at radius 2 is 1.78 bits per heavy atom. The van der Waals surface area contributed by atoms with Crippen molar-refractivity contribution in [3.8, 4) is 11.3 Å². The van der Waals surface area contributed by atoms with Crippen molar-refractivity contribution in [2.24, 2.45) is 7.05 Å². The van der Waals surface area contributed by atoms with E-state index in [4.69, 9.17) is 9.72 Å². The summed E-state index contributed by atoms with van der Waals surface area (Å²) >= 11 is 0. The Balaban J connectivity index is 1.50. The van der Waals surface area contributed by atoms with Crippen molar-refractivity contribution in [1.29, 1.82) is 0 Å². The Morgan fingerprint density at radius 3 is 2.56 bits per heavy atom. The second kappa shape index (κ2) is 9.61. The first-order valence-electron chi connectivity index (χ1n) is 11.8. The third kappa shape index (κ3) is 4.19. The topological polar surface area (TPSA) is 112 Å². The molecule has 0 fully saturated rings. The second-order valence-corrected chi connectivity index (χ2v) is 8.54. The van der Waals surface area contributed by atoms with Gasteiger partial charge in [-0.1, -0.05) is 61.9 Å². The number of ether oxygens (including phenoxy) is 1. The van der Waals surface area contributed by atoms with Crippen molar-refractivity contribution in [3.05, 3.63) is 92.9 Å². The summed E-state index contributed by atoms with van der Waals surface area (Å²) in [5.41, 5.74) is 2.13. The van der Waals surface area contributed by atoms with Crippen LogP contribution in [0, 0.1) is 0 Å². The van der Waals surface area contributed by atoms with Crippen molar-refractivity contribution in [2.45, 2.75) is 32.9 Å². The summed E-state index contributed by atoms with van der Waals surface area (Å²) in [5.74, 6) is -0.170. The summed E-state index contributed by atoms with van der Waals surface area (Å²) in [4.78, 5) is 49.7. The number of carbonyl (C=O) groups excluding carboxylic acids is 1. The molecule has 9 nitrogen and oxygen atoms in total. The van der Waals surface area contributed by atoms with Crippen LogP contribution in [0.25, 0.3) is 33.3 Å². The molecular formula is C27H25N5O4. The van der Waals surface area contributed by atoms with Gasteiger partial charge in [0.25, 0.3) is 5.56 Å². The predicted octanol–water partition coefficient (Wildman–Crippen LogP) is 3.80. The molecule has 3 heterocycles. The van der Waals surface area contributed by atoms with Gasteiger partial charge in [-0.3, -0.25) is 14.3 Å². The Morgan fingerprint density at radius 1 is 1.03 bits per heavy atom. The van der Waals surface area contributed by atoms with Crippen LogP contribution >= 0.6 is 0 Å². The molecule has 0 aliphatic heterocycles. The molecule has 36 heavy (non-hydrogen) atoms. The van der Waals surface area contributed by atoms with E-state index in [0.29, 0.717) is 34.5 Å². The molecule has 0 unspecified atom stereocenters. The number of nitrogens with zero attached hydrogens (tertiary/aromatic N) is 4. The number of para-hydroxylation sites is 1. The molecule has 1 N–H and O–H groups in total. The molecule has 182 valence electrons. The van der Waals surface area contributed by atoms with Crippen LogP contribution in [0.1, 0.15) is 35.9 Å². The third-order valence-corrected chi connectivity index (χ3v) is 6.18. The van der Waals surface area contributed by atoms with Gasteiger partial charge < -0.3 is 9.30 Å². The standard InChI is InChI=1S/C27H25N5O4/c1-3-4-14-32-24-23(25(33)30-27(32)35)31(2)22(29-24)16-36-26(34)19-15-21(17-10-6-5-7-11-17)28-20-13-9-8-12-18(19)20/h5-13,15H,3-4,14,16H2,1-2H3,(H,30,33,35). The number of aromatic nitrogens is 5. The van der Waals surface area contributed by atoms with Crippen LogP contribution in [-0.2, 0) is 24.9 Å². The lowest BCUT2D eigenvalue weighted by molar-refractivity contribution is 0.0462. The summed E-state index contributed by atoms with van der Waals surface area (Å²) in [6.07, 6.45) is 1.65. The molecule has 0 saturated heterocycles. The van der Waals surface area contributed by atoms with Gasteiger partial charge in [0.05, 0.1) is 16.8 Å². The first kappa shape index (κ1) is 23.2. The highest BCUT2D eigenvalue weighted by molar-refractivity contribution is 6.04. The first-order chi connectivity index (χ1) is 17.5. The molecule has 0 spiro atoms. The number of aromatic amines is 1. The summed E-state index contributed by atoms with van der Waals surface area (Å²) in [6.45, 7) is 2.29. The van der Waals surface area contributed by atoms with E-state index in [1.165, 1.54) is 4.57 Å². The molecule has 5 rings (SSSR count). The Kier molecular flexibility index (Phi) is 6.20. The zero-order chi connectivity index (χ0) is 25.2. The van der Waals surface area contributed by atoms with Crippen molar-refractivity contribution in [3.63, 3.8) is 0 Å². The van der Waals surface area contributed by atoms with E-state index < -0.39 is 17.2 Å². The van der Waals surface area contributed by atoms with E-state index in [2.05, 4.69) is 9.97 Å². The number of unbranched alkanes of at least 4 members (excludes halogenated alkanes) is 1. The molecule has 0 aliphatic rings. The van der Waals surface area contributed by atoms with Crippen LogP contribution < -0.4 is 11.2 Å². The number of benzene rings is 2. The number of imidazole rings is 1. The maximum atomic E-state index is 13.3. The Bertz CT molecular complexity index is 1700. The number of hydrogen-bond acceptors (Lipinski definition) is 6. The first-order valence-corrected chi connectivity index (χ1v) is 11.8. The van der Waals surface area contributed by atoms with Gasteiger partial charge in [-0.05, 0) is 18.6 Å². The minimum Gasteiger partial charge on any atom is -0.454 e. The molecule has 2 aromatic carbocycles. The highest BCUT2D eigenvalue weighted by atomic mass is 16.5. The van der Waals surface area contributed by atoms with E-state index >= 15 is 0 Å². The smallest absolute Gasteiger partial charge is 0.339 e. The van der Waals surface area contributed by atoms with Crippen LogP contribution in [0.5, 0.6) is 0 Å². The molecule has 0 saturated carbocycles. The molecule has 3 aromatic heterocycles. The van der Waals surface area contributed by atoms with Gasteiger partial charge in [-0.25, -0.2) is 19.6 Å². The quantitative estimate of drug-likeness (QED) is 0.353. The van der Waals surface area contributed by atoms with E-state index in [9.17, 15) is 14.4 Å². The molecule has 5 aromatic rings. The molecule has 0 radical (unpaired) electrons. The summed E-state index contributed by atoms with van der Waals surface area (Å²) in [5, 5.41) is 0.678. The molecular weight excluding hydrogens is 458 g/mol. The number of rotatable bonds is 7. The van der Waals surface area contributed by atoms with Gasteiger partial charge >= 0.3 is 11.7 Å². The second-order valence-electron chi connectivity index (χ2n) is 8.54. The van der Waals surface area contributed by atoms with Crippen molar-refractivity contribution in [1.82, 2.24) is 24.1 Å². The SMILES string of the molecule is CCCCn1c(=O)[nH]c(=O)c2c1nc(COC(=O)c1cc(-c3ccccc3)nc3ccccc13)n2C. The van der Waals surface area contributed by atoms with E-state index in [1.54, 1.807) is 17.7 Å². The zero-order valence-electron chi connectivity index (χ0n) is 20.0. The Labute approximate surface area is 206 Å².